The standard InChI is InChI=1S/C17H19FN2O/c1-10-4-5-14(19)8-15(10)17(21)20-9-13-6-11(2)16(18)12(3)7-13/h4-8H,9,19H2,1-3H3,(H,20,21). The second-order valence-corrected chi connectivity index (χ2v) is 5.30. The van der Waals surface area contributed by atoms with Crippen LogP contribution in [0.4, 0.5) is 10.1 Å². The van der Waals surface area contributed by atoms with Crippen molar-refractivity contribution < 1.29 is 9.18 Å². The third kappa shape index (κ3) is 3.40. The zero-order valence-electron chi connectivity index (χ0n) is 12.5. The lowest BCUT2D eigenvalue weighted by molar-refractivity contribution is 0.0950. The first-order valence-corrected chi connectivity index (χ1v) is 6.78. The molecule has 0 radical (unpaired) electrons. The van der Waals surface area contributed by atoms with Crippen LogP contribution in [0.1, 0.15) is 32.6 Å². The molecule has 0 fully saturated rings. The summed E-state index contributed by atoms with van der Waals surface area (Å²) in [5, 5.41) is 2.84. The molecule has 0 aromatic heterocycles. The van der Waals surface area contributed by atoms with Gasteiger partial charge >= 0.3 is 0 Å². The summed E-state index contributed by atoms with van der Waals surface area (Å²) in [4.78, 5) is 12.2. The molecule has 0 bridgehead atoms. The van der Waals surface area contributed by atoms with Gasteiger partial charge in [-0.05, 0) is 55.2 Å². The Morgan fingerprint density at radius 1 is 1.10 bits per heavy atom. The maximum absolute atomic E-state index is 13.6. The van der Waals surface area contributed by atoms with E-state index in [2.05, 4.69) is 5.32 Å². The number of hydrogen-bond donors (Lipinski definition) is 2. The predicted molar refractivity (Wildman–Crippen MR) is 82.6 cm³/mol. The van der Waals surface area contributed by atoms with Gasteiger partial charge in [0, 0.05) is 17.8 Å². The number of nitrogen functional groups attached to an aromatic ring is 1. The van der Waals surface area contributed by atoms with Crippen LogP contribution in [-0.4, -0.2) is 5.91 Å². The molecule has 0 saturated carbocycles. The molecule has 2 aromatic carbocycles. The van der Waals surface area contributed by atoms with E-state index in [-0.39, 0.29) is 11.7 Å². The van der Waals surface area contributed by atoms with E-state index < -0.39 is 0 Å². The summed E-state index contributed by atoms with van der Waals surface area (Å²) in [5.74, 6) is -0.379. The number of nitrogens with two attached hydrogens (primary N) is 1. The van der Waals surface area contributed by atoms with Crippen LogP contribution in [0.2, 0.25) is 0 Å². The Bertz CT molecular complexity index is 672. The Morgan fingerprint density at radius 2 is 1.71 bits per heavy atom. The lowest BCUT2D eigenvalue weighted by atomic mass is 10.1. The van der Waals surface area contributed by atoms with Crippen LogP contribution >= 0.6 is 0 Å². The minimum absolute atomic E-state index is 0.181. The van der Waals surface area contributed by atoms with E-state index in [4.69, 9.17) is 5.73 Å². The average Bonchev–Trinajstić information content (AvgIpc) is 2.44. The van der Waals surface area contributed by atoms with Gasteiger partial charge in [0.1, 0.15) is 5.82 Å². The third-order valence-corrected chi connectivity index (χ3v) is 3.46. The fraction of sp³-hybridized carbons (Fsp3) is 0.235. The van der Waals surface area contributed by atoms with E-state index in [1.807, 2.05) is 13.0 Å². The molecular formula is C17H19FN2O. The third-order valence-electron chi connectivity index (χ3n) is 3.46. The molecule has 110 valence electrons. The topological polar surface area (TPSA) is 55.1 Å². The van der Waals surface area contributed by atoms with Gasteiger partial charge in [-0.3, -0.25) is 4.79 Å². The summed E-state index contributed by atoms with van der Waals surface area (Å²) in [7, 11) is 0. The van der Waals surface area contributed by atoms with Crippen molar-refractivity contribution in [3.8, 4) is 0 Å². The average molecular weight is 286 g/mol. The van der Waals surface area contributed by atoms with Crippen LogP contribution in [0.5, 0.6) is 0 Å². The Labute approximate surface area is 124 Å². The smallest absolute Gasteiger partial charge is 0.251 e. The van der Waals surface area contributed by atoms with Crippen LogP contribution < -0.4 is 11.1 Å². The first kappa shape index (κ1) is 15.0. The number of rotatable bonds is 3. The number of amides is 1. The minimum atomic E-state index is -0.197. The number of hydrogen-bond acceptors (Lipinski definition) is 2. The van der Waals surface area contributed by atoms with E-state index in [0.29, 0.717) is 28.9 Å². The number of halogens is 1. The van der Waals surface area contributed by atoms with Crippen molar-refractivity contribution in [3.05, 3.63) is 64.0 Å². The Hall–Kier alpha value is -2.36. The summed E-state index contributed by atoms with van der Waals surface area (Å²) < 4.78 is 13.6. The number of benzene rings is 2. The Kier molecular flexibility index (Phi) is 4.26. The highest BCUT2D eigenvalue weighted by Gasteiger charge is 2.10. The first-order chi connectivity index (χ1) is 9.88. The van der Waals surface area contributed by atoms with Crippen molar-refractivity contribution in [2.75, 3.05) is 5.73 Å². The maximum Gasteiger partial charge on any atom is 0.251 e. The molecule has 0 unspecified atom stereocenters. The summed E-state index contributed by atoms with van der Waals surface area (Å²) in [6.07, 6.45) is 0. The van der Waals surface area contributed by atoms with Crippen molar-refractivity contribution in [2.45, 2.75) is 27.3 Å². The van der Waals surface area contributed by atoms with Gasteiger partial charge in [-0.1, -0.05) is 18.2 Å². The van der Waals surface area contributed by atoms with Gasteiger partial charge in [-0.25, -0.2) is 4.39 Å². The SMILES string of the molecule is Cc1ccc(N)cc1C(=O)NCc1cc(C)c(F)c(C)c1. The second kappa shape index (κ2) is 5.95. The largest absolute Gasteiger partial charge is 0.399 e. The Balaban J connectivity index is 2.13. The summed E-state index contributed by atoms with van der Waals surface area (Å²) in [6, 6.07) is 8.73. The zero-order valence-corrected chi connectivity index (χ0v) is 12.5. The van der Waals surface area contributed by atoms with E-state index in [1.165, 1.54) is 0 Å². The molecule has 21 heavy (non-hydrogen) atoms. The van der Waals surface area contributed by atoms with Crippen LogP contribution in [0.25, 0.3) is 0 Å². The normalized spacial score (nSPS) is 10.5. The van der Waals surface area contributed by atoms with E-state index >= 15 is 0 Å². The molecule has 0 spiro atoms. The van der Waals surface area contributed by atoms with Gasteiger partial charge in [0.15, 0.2) is 0 Å². The van der Waals surface area contributed by atoms with E-state index in [1.54, 1.807) is 38.1 Å². The zero-order chi connectivity index (χ0) is 15.6. The number of anilines is 1. The molecule has 0 aliphatic heterocycles. The van der Waals surface area contributed by atoms with Crippen LogP contribution in [0.3, 0.4) is 0 Å². The first-order valence-electron chi connectivity index (χ1n) is 6.78. The van der Waals surface area contributed by atoms with E-state index in [9.17, 15) is 9.18 Å². The molecule has 2 aromatic rings. The van der Waals surface area contributed by atoms with Gasteiger partial charge in [0.25, 0.3) is 5.91 Å². The van der Waals surface area contributed by atoms with Gasteiger partial charge in [-0.2, -0.15) is 0 Å². The van der Waals surface area contributed by atoms with Gasteiger partial charge in [0.05, 0.1) is 0 Å². The van der Waals surface area contributed by atoms with Crippen LogP contribution in [0, 0.1) is 26.6 Å². The summed E-state index contributed by atoms with van der Waals surface area (Å²) in [5.41, 5.74) is 9.73. The Morgan fingerprint density at radius 3 is 2.33 bits per heavy atom. The van der Waals surface area contributed by atoms with Gasteiger partial charge < -0.3 is 11.1 Å². The number of carbonyl (C=O) groups excluding carboxylic acids is 1. The van der Waals surface area contributed by atoms with Crippen molar-refractivity contribution in [2.24, 2.45) is 0 Å². The molecule has 4 heteroatoms. The van der Waals surface area contributed by atoms with Crippen LogP contribution in [0.15, 0.2) is 30.3 Å². The lowest BCUT2D eigenvalue weighted by Gasteiger charge is -2.10. The summed E-state index contributed by atoms with van der Waals surface area (Å²) >= 11 is 0. The van der Waals surface area contributed by atoms with E-state index in [0.717, 1.165) is 11.1 Å². The molecule has 0 aliphatic rings. The highest BCUT2D eigenvalue weighted by atomic mass is 19.1. The molecule has 0 atom stereocenters. The quantitative estimate of drug-likeness (QED) is 0.851. The summed E-state index contributed by atoms with van der Waals surface area (Å²) in [6.45, 7) is 5.65. The minimum Gasteiger partial charge on any atom is -0.399 e. The second-order valence-electron chi connectivity index (χ2n) is 5.30. The van der Waals surface area contributed by atoms with Crippen molar-refractivity contribution in [1.82, 2.24) is 5.32 Å². The highest BCUT2D eigenvalue weighted by Crippen LogP contribution is 2.16. The molecule has 0 aliphatic carbocycles. The maximum atomic E-state index is 13.6. The molecule has 1 amide bonds. The number of aryl methyl sites for hydroxylation is 3. The van der Waals surface area contributed by atoms with Crippen molar-refractivity contribution in [1.29, 1.82) is 0 Å². The predicted octanol–water partition coefficient (Wildman–Crippen LogP) is 3.26. The lowest BCUT2D eigenvalue weighted by Crippen LogP contribution is -2.24. The molecule has 3 nitrogen and oxygen atoms in total. The fourth-order valence-corrected chi connectivity index (χ4v) is 2.30. The highest BCUT2D eigenvalue weighted by molar-refractivity contribution is 5.96. The van der Waals surface area contributed by atoms with Crippen molar-refractivity contribution >= 4 is 11.6 Å². The monoisotopic (exact) mass is 286 g/mol. The van der Waals surface area contributed by atoms with Crippen LogP contribution in [-0.2, 0) is 6.54 Å². The molecule has 3 N–H and O–H groups in total. The number of carbonyl (C=O) groups is 1. The molecule has 0 heterocycles. The number of nitrogens with one attached hydrogen (secondary N) is 1. The van der Waals surface area contributed by atoms with Gasteiger partial charge in [-0.15, -0.1) is 0 Å². The van der Waals surface area contributed by atoms with Gasteiger partial charge in [0.2, 0.25) is 0 Å². The molecule has 0 saturated heterocycles. The fourth-order valence-electron chi connectivity index (χ4n) is 2.30. The molecular weight excluding hydrogens is 267 g/mol. The molecule has 2 rings (SSSR count). The van der Waals surface area contributed by atoms with Crippen molar-refractivity contribution in [3.63, 3.8) is 0 Å².